The second-order valence-corrected chi connectivity index (χ2v) is 9.50. The van der Waals surface area contributed by atoms with Crippen LogP contribution in [0.2, 0.25) is 0 Å². The zero-order valence-corrected chi connectivity index (χ0v) is 20.9. The van der Waals surface area contributed by atoms with E-state index in [1.54, 1.807) is 29.5 Å². The molecule has 5 aromatic heterocycles. The number of hydrogen-bond acceptors (Lipinski definition) is 7. The number of H-pyrrole nitrogens is 1. The van der Waals surface area contributed by atoms with Gasteiger partial charge in [0, 0.05) is 41.7 Å². The molecule has 0 spiro atoms. The number of nitrogens with zero attached hydrogens (tertiary/aromatic N) is 6. The van der Waals surface area contributed by atoms with Gasteiger partial charge in [0.25, 0.3) is 0 Å². The first-order valence-electron chi connectivity index (χ1n) is 12.3. The molecule has 6 rings (SSSR count). The van der Waals surface area contributed by atoms with E-state index < -0.39 is 0 Å². The van der Waals surface area contributed by atoms with Crippen LogP contribution in [0.15, 0.2) is 73.3 Å². The SMILES string of the molecule is CC(C)CC(=O)Nc1cncc(-c2cnc3n[nH]c(-c4nc5c(-c6ccccn6)cccc5n4N)c3c2)c1. The number of rotatable bonds is 6. The number of fused-ring (bicyclic) bond motifs is 2. The summed E-state index contributed by atoms with van der Waals surface area (Å²) in [6.45, 7) is 4.01. The Labute approximate surface area is 218 Å². The van der Waals surface area contributed by atoms with Gasteiger partial charge in [-0.25, -0.2) is 14.6 Å². The lowest BCUT2D eigenvalue weighted by Crippen LogP contribution is -2.13. The minimum Gasteiger partial charge on any atom is -0.337 e. The number of hydrogen-bond donors (Lipinski definition) is 3. The third-order valence-corrected chi connectivity index (χ3v) is 6.24. The van der Waals surface area contributed by atoms with Gasteiger partial charge in [0.15, 0.2) is 11.5 Å². The second-order valence-electron chi connectivity index (χ2n) is 9.50. The van der Waals surface area contributed by atoms with E-state index in [4.69, 9.17) is 10.8 Å². The third kappa shape index (κ3) is 4.21. The summed E-state index contributed by atoms with van der Waals surface area (Å²) in [5.41, 5.74) is 6.66. The van der Waals surface area contributed by atoms with Gasteiger partial charge in [0.2, 0.25) is 5.91 Å². The average Bonchev–Trinajstić information content (AvgIpc) is 3.49. The standard InChI is InChI=1S/C28H25N9O/c1-16(2)10-24(38)33-19-11-17(13-30-15-19)18-12-21-26(35-36-27(21)32-14-18)28-34-25-20(22-7-3-4-9-31-22)6-5-8-23(25)37(28)29/h3-9,11-16H,10,29H2,1-2H3,(H,33,38)(H,32,35,36). The zero-order valence-electron chi connectivity index (χ0n) is 20.9. The molecule has 0 aliphatic rings. The molecule has 6 aromatic rings. The summed E-state index contributed by atoms with van der Waals surface area (Å²) in [5, 5.41) is 11.1. The van der Waals surface area contributed by atoms with Gasteiger partial charge in [-0.1, -0.05) is 32.0 Å². The van der Waals surface area contributed by atoms with Crippen LogP contribution in [0.4, 0.5) is 5.69 Å². The Morgan fingerprint density at radius 3 is 2.74 bits per heavy atom. The number of amides is 1. The molecule has 4 N–H and O–H groups in total. The van der Waals surface area contributed by atoms with Gasteiger partial charge < -0.3 is 11.2 Å². The van der Waals surface area contributed by atoms with Gasteiger partial charge in [-0.3, -0.25) is 19.9 Å². The highest BCUT2D eigenvalue weighted by Crippen LogP contribution is 2.33. The Kier molecular flexibility index (Phi) is 5.76. The Morgan fingerprint density at radius 2 is 1.92 bits per heavy atom. The molecule has 10 nitrogen and oxygen atoms in total. The maximum absolute atomic E-state index is 12.2. The highest BCUT2D eigenvalue weighted by molar-refractivity contribution is 5.97. The largest absolute Gasteiger partial charge is 0.337 e. The van der Waals surface area contributed by atoms with Gasteiger partial charge >= 0.3 is 0 Å². The lowest BCUT2D eigenvalue weighted by Gasteiger charge is -2.08. The topological polar surface area (TPSA) is 140 Å². The van der Waals surface area contributed by atoms with Crippen LogP contribution in [0.5, 0.6) is 0 Å². The maximum Gasteiger partial charge on any atom is 0.224 e. The molecule has 0 fully saturated rings. The molecule has 5 heterocycles. The number of nitrogens with one attached hydrogen (secondary N) is 2. The fourth-order valence-corrected chi connectivity index (χ4v) is 4.50. The Morgan fingerprint density at radius 1 is 1.05 bits per heavy atom. The van der Waals surface area contributed by atoms with Gasteiger partial charge in [-0.2, -0.15) is 5.10 Å². The number of nitrogens with two attached hydrogens (primary N) is 1. The minimum absolute atomic E-state index is 0.0448. The molecule has 0 saturated heterocycles. The van der Waals surface area contributed by atoms with Gasteiger partial charge in [0.05, 0.1) is 28.5 Å². The first-order chi connectivity index (χ1) is 18.5. The highest BCUT2D eigenvalue weighted by atomic mass is 16.1. The van der Waals surface area contributed by atoms with Crippen molar-refractivity contribution in [1.82, 2.24) is 34.8 Å². The Balaban J connectivity index is 1.41. The molecule has 10 heteroatoms. The summed E-state index contributed by atoms with van der Waals surface area (Å²) in [7, 11) is 0. The van der Waals surface area contributed by atoms with Crippen LogP contribution in [-0.2, 0) is 4.79 Å². The highest BCUT2D eigenvalue weighted by Gasteiger charge is 2.19. The smallest absolute Gasteiger partial charge is 0.224 e. The lowest BCUT2D eigenvalue weighted by molar-refractivity contribution is -0.116. The molecule has 1 amide bonds. The number of aromatic nitrogens is 7. The van der Waals surface area contributed by atoms with Crippen LogP contribution in [0.1, 0.15) is 20.3 Å². The van der Waals surface area contributed by atoms with Crippen LogP contribution in [0, 0.1) is 5.92 Å². The fourth-order valence-electron chi connectivity index (χ4n) is 4.50. The zero-order chi connectivity index (χ0) is 26.2. The first-order valence-corrected chi connectivity index (χ1v) is 12.3. The van der Waals surface area contributed by atoms with Gasteiger partial charge in [-0.05, 0) is 36.2 Å². The number of carbonyl (C=O) groups excluding carboxylic acids is 1. The van der Waals surface area contributed by atoms with Crippen molar-refractivity contribution in [2.75, 3.05) is 11.2 Å². The predicted molar refractivity (Wildman–Crippen MR) is 147 cm³/mol. The van der Waals surface area contributed by atoms with E-state index in [9.17, 15) is 4.79 Å². The van der Waals surface area contributed by atoms with Crippen molar-refractivity contribution in [2.24, 2.45) is 5.92 Å². The summed E-state index contributed by atoms with van der Waals surface area (Å²) in [6.07, 6.45) is 7.29. The number of aromatic amines is 1. The van der Waals surface area contributed by atoms with E-state index in [1.165, 1.54) is 0 Å². The minimum atomic E-state index is -0.0448. The molecule has 188 valence electrons. The number of pyridine rings is 3. The van der Waals surface area contributed by atoms with Gasteiger partial charge in [-0.15, -0.1) is 0 Å². The summed E-state index contributed by atoms with van der Waals surface area (Å²) in [5.74, 6) is 7.28. The van der Waals surface area contributed by atoms with E-state index in [0.717, 1.165) is 38.8 Å². The number of anilines is 1. The number of benzene rings is 1. The molecule has 0 unspecified atom stereocenters. The number of carbonyl (C=O) groups is 1. The molecule has 0 saturated carbocycles. The molecule has 0 bridgehead atoms. The second kappa shape index (κ2) is 9.40. The maximum atomic E-state index is 12.2. The molecule has 0 aliphatic heterocycles. The summed E-state index contributed by atoms with van der Waals surface area (Å²) in [6, 6.07) is 15.4. The average molecular weight is 504 g/mol. The van der Waals surface area contributed by atoms with E-state index in [0.29, 0.717) is 29.3 Å². The van der Waals surface area contributed by atoms with Crippen molar-refractivity contribution in [3.8, 4) is 33.9 Å². The van der Waals surface area contributed by atoms with Crippen molar-refractivity contribution in [1.29, 1.82) is 0 Å². The number of nitrogen functional groups attached to an aromatic ring is 1. The molecule has 0 atom stereocenters. The van der Waals surface area contributed by atoms with Crippen molar-refractivity contribution >= 4 is 33.7 Å². The van der Waals surface area contributed by atoms with Gasteiger partial charge in [0.1, 0.15) is 11.2 Å². The third-order valence-electron chi connectivity index (χ3n) is 6.24. The normalized spacial score (nSPS) is 11.4. The van der Waals surface area contributed by atoms with Crippen molar-refractivity contribution in [3.05, 3.63) is 73.3 Å². The lowest BCUT2D eigenvalue weighted by atomic mass is 10.1. The van der Waals surface area contributed by atoms with Crippen LogP contribution in [-0.4, -0.2) is 40.7 Å². The molecule has 1 aromatic carbocycles. The number of imidazole rings is 1. The first kappa shape index (κ1) is 23.3. The summed E-state index contributed by atoms with van der Waals surface area (Å²) >= 11 is 0. The van der Waals surface area contributed by atoms with E-state index in [-0.39, 0.29) is 11.8 Å². The van der Waals surface area contributed by atoms with Crippen molar-refractivity contribution in [3.63, 3.8) is 0 Å². The van der Waals surface area contributed by atoms with Crippen LogP contribution >= 0.6 is 0 Å². The summed E-state index contributed by atoms with van der Waals surface area (Å²) in [4.78, 5) is 30.5. The fraction of sp³-hybridized carbons (Fsp3) is 0.143. The molecular formula is C28H25N9O. The molecule has 38 heavy (non-hydrogen) atoms. The molecular weight excluding hydrogens is 478 g/mol. The van der Waals surface area contributed by atoms with E-state index in [1.807, 2.05) is 62.4 Å². The Bertz CT molecular complexity index is 1790. The molecule has 0 radical (unpaired) electrons. The van der Waals surface area contributed by atoms with Crippen molar-refractivity contribution < 1.29 is 4.79 Å². The van der Waals surface area contributed by atoms with E-state index >= 15 is 0 Å². The van der Waals surface area contributed by atoms with Crippen LogP contribution in [0.3, 0.4) is 0 Å². The molecule has 0 aliphatic carbocycles. The predicted octanol–water partition coefficient (Wildman–Crippen LogP) is 4.80. The quantitative estimate of drug-likeness (QED) is 0.277. The monoisotopic (exact) mass is 503 g/mol. The van der Waals surface area contributed by atoms with Crippen molar-refractivity contribution in [2.45, 2.75) is 20.3 Å². The van der Waals surface area contributed by atoms with Crippen LogP contribution < -0.4 is 11.2 Å². The summed E-state index contributed by atoms with van der Waals surface area (Å²) < 4.78 is 1.55. The van der Waals surface area contributed by atoms with E-state index in [2.05, 4.69) is 30.5 Å². The number of para-hydroxylation sites is 1. The van der Waals surface area contributed by atoms with Crippen LogP contribution in [0.25, 0.3) is 56.0 Å². The Hall–Kier alpha value is -5.12.